The molecule has 0 N–H and O–H groups in total. The van der Waals surface area contributed by atoms with E-state index in [0.717, 1.165) is 0 Å². The van der Waals surface area contributed by atoms with E-state index in [1.54, 1.807) is 0 Å². The Morgan fingerprint density at radius 3 is 2.00 bits per heavy atom. The molecule has 2 aliphatic rings. The van der Waals surface area contributed by atoms with Gasteiger partial charge < -0.3 is 9.47 Å². The van der Waals surface area contributed by atoms with Crippen LogP contribution in [-0.4, -0.2) is 4.57 Å². The molecule has 0 fully saturated rings. The lowest BCUT2D eigenvalue weighted by Gasteiger charge is -2.32. The molecule has 8 aromatic rings. The van der Waals surface area contributed by atoms with Crippen molar-refractivity contribution in [2.45, 2.75) is 32.1 Å². The normalized spacial score (nSPS) is 17.0. The number of benzene rings is 7. The Morgan fingerprint density at radius 2 is 1.20 bits per heavy atom. The van der Waals surface area contributed by atoms with Crippen LogP contribution in [0.4, 0.5) is 11.4 Å². The standard InChI is InChI=1S/C52H42N2/c1-35-32-41(53(39-16-8-5-9-17-39)42-28-30-45-44-18-10-12-20-48(44)52(2,3)49(45)34-42)27-29-43(35)38-24-31-51-47(33-38)46-19-11-13-21-50(46)54(51)40-25-22-37(23-26-40)36-14-6-4-7-15-36/h4-35,43H,1-3H3. The first-order valence-electron chi connectivity index (χ1n) is 19.1. The van der Waals surface area contributed by atoms with E-state index >= 15 is 0 Å². The van der Waals surface area contributed by atoms with E-state index in [-0.39, 0.29) is 11.3 Å². The van der Waals surface area contributed by atoms with E-state index in [2.05, 4.69) is 218 Å². The van der Waals surface area contributed by atoms with Gasteiger partial charge in [0.1, 0.15) is 0 Å². The number of nitrogens with zero attached hydrogens (tertiary/aromatic N) is 2. The monoisotopic (exact) mass is 694 g/mol. The van der Waals surface area contributed by atoms with Gasteiger partial charge in [0, 0.05) is 44.9 Å². The van der Waals surface area contributed by atoms with Crippen molar-refractivity contribution in [1.82, 2.24) is 4.57 Å². The molecule has 1 aromatic heterocycles. The van der Waals surface area contributed by atoms with E-state index in [0.29, 0.717) is 5.92 Å². The molecule has 0 spiro atoms. The highest BCUT2D eigenvalue weighted by atomic mass is 15.1. The van der Waals surface area contributed by atoms with Gasteiger partial charge in [0.25, 0.3) is 0 Å². The highest BCUT2D eigenvalue weighted by molar-refractivity contribution is 6.09. The predicted octanol–water partition coefficient (Wildman–Crippen LogP) is 13.8. The minimum absolute atomic E-state index is 0.0627. The highest BCUT2D eigenvalue weighted by Crippen LogP contribution is 2.50. The van der Waals surface area contributed by atoms with Crippen LogP contribution >= 0.6 is 0 Å². The fourth-order valence-electron chi connectivity index (χ4n) is 9.14. The molecule has 0 aliphatic heterocycles. The Balaban J connectivity index is 1.01. The summed E-state index contributed by atoms with van der Waals surface area (Å²) in [6, 6.07) is 62.2. The van der Waals surface area contributed by atoms with Crippen molar-refractivity contribution < 1.29 is 0 Å². The second-order valence-electron chi connectivity index (χ2n) is 15.4. The first kappa shape index (κ1) is 32.3. The lowest BCUT2D eigenvalue weighted by molar-refractivity contribution is 0.629. The smallest absolute Gasteiger partial charge is 0.0541 e. The first-order chi connectivity index (χ1) is 26.5. The number of allylic oxidation sites excluding steroid dienone is 3. The second-order valence-corrected chi connectivity index (χ2v) is 15.4. The lowest BCUT2D eigenvalue weighted by Crippen LogP contribution is -2.21. The van der Waals surface area contributed by atoms with Gasteiger partial charge in [-0.05, 0) is 106 Å². The van der Waals surface area contributed by atoms with Crippen molar-refractivity contribution in [3.8, 4) is 27.9 Å². The molecule has 54 heavy (non-hydrogen) atoms. The van der Waals surface area contributed by atoms with E-state index in [9.17, 15) is 0 Å². The molecule has 7 aromatic carbocycles. The quantitative estimate of drug-likeness (QED) is 0.168. The van der Waals surface area contributed by atoms with E-state index in [1.165, 1.54) is 83.5 Å². The predicted molar refractivity (Wildman–Crippen MR) is 228 cm³/mol. The topological polar surface area (TPSA) is 8.17 Å². The molecule has 0 saturated heterocycles. The summed E-state index contributed by atoms with van der Waals surface area (Å²) >= 11 is 0. The van der Waals surface area contributed by atoms with E-state index in [4.69, 9.17) is 0 Å². The number of para-hydroxylation sites is 2. The van der Waals surface area contributed by atoms with Gasteiger partial charge in [-0.2, -0.15) is 0 Å². The number of aromatic nitrogens is 1. The van der Waals surface area contributed by atoms with Gasteiger partial charge >= 0.3 is 0 Å². The molecule has 1 heterocycles. The van der Waals surface area contributed by atoms with Crippen LogP contribution in [0.5, 0.6) is 0 Å². The van der Waals surface area contributed by atoms with Crippen molar-refractivity contribution in [2.75, 3.05) is 4.90 Å². The minimum Gasteiger partial charge on any atom is -0.311 e. The van der Waals surface area contributed by atoms with E-state index in [1.807, 2.05) is 0 Å². The number of anilines is 2. The fourth-order valence-corrected chi connectivity index (χ4v) is 9.14. The van der Waals surface area contributed by atoms with Crippen molar-refractivity contribution >= 4 is 33.2 Å². The zero-order valence-electron chi connectivity index (χ0n) is 30.9. The number of hydrogen-bond donors (Lipinski definition) is 0. The van der Waals surface area contributed by atoms with Gasteiger partial charge in [-0.1, -0.05) is 148 Å². The zero-order valence-corrected chi connectivity index (χ0v) is 30.9. The van der Waals surface area contributed by atoms with Crippen LogP contribution in [0, 0.1) is 5.92 Å². The molecule has 0 saturated carbocycles. The van der Waals surface area contributed by atoms with Crippen LogP contribution in [-0.2, 0) is 5.41 Å². The summed E-state index contributed by atoms with van der Waals surface area (Å²) in [6.07, 6.45) is 7.23. The largest absolute Gasteiger partial charge is 0.311 e. The summed E-state index contributed by atoms with van der Waals surface area (Å²) in [5, 5.41) is 2.57. The Morgan fingerprint density at radius 1 is 0.537 bits per heavy atom. The molecule has 10 rings (SSSR count). The summed E-state index contributed by atoms with van der Waals surface area (Å²) in [5.41, 5.74) is 16.4. The van der Waals surface area contributed by atoms with Crippen molar-refractivity contribution in [2.24, 2.45) is 5.92 Å². The van der Waals surface area contributed by atoms with Crippen LogP contribution < -0.4 is 4.90 Å². The first-order valence-corrected chi connectivity index (χ1v) is 19.1. The van der Waals surface area contributed by atoms with Crippen LogP contribution in [0.25, 0.3) is 49.7 Å². The lowest BCUT2D eigenvalue weighted by atomic mass is 9.82. The maximum Gasteiger partial charge on any atom is 0.0541 e. The molecule has 2 unspecified atom stereocenters. The van der Waals surface area contributed by atoms with Gasteiger partial charge in [0.05, 0.1) is 11.0 Å². The molecule has 0 amide bonds. The molecule has 2 atom stereocenters. The molecule has 2 aliphatic carbocycles. The van der Waals surface area contributed by atoms with Crippen LogP contribution in [0.1, 0.15) is 43.4 Å². The summed E-state index contributed by atoms with van der Waals surface area (Å²) in [4.78, 5) is 2.43. The summed E-state index contributed by atoms with van der Waals surface area (Å²) in [6.45, 7) is 7.08. The van der Waals surface area contributed by atoms with Crippen LogP contribution in [0.2, 0.25) is 0 Å². The third-order valence-electron chi connectivity index (χ3n) is 11.9. The molecule has 0 radical (unpaired) electrons. The number of fused-ring (bicyclic) bond motifs is 6. The van der Waals surface area contributed by atoms with Crippen LogP contribution in [0.15, 0.2) is 194 Å². The average Bonchev–Trinajstić information content (AvgIpc) is 3.67. The van der Waals surface area contributed by atoms with Gasteiger partial charge in [-0.3, -0.25) is 0 Å². The van der Waals surface area contributed by atoms with Crippen molar-refractivity contribution in [3.63, 3.8) is 0 Å². The molecular weight excluding hydrogens is 653 g/mol. The molecule has 0 bridgehead atoms. The zero-order chi connectivity index (χ0) is 36.4. The van der Waals surface area contributed by atoms with Gasteiger partial charge in [0.2, 0.25) is 0 Å². The summed E-state index contributed by atoms with van der Waals surface area (Å²) in [7, 11) is 0. The maximum absolute atomic E-state index is 2.46. The summed E-state index contributed by atoms with van der Waals surface area (Å²) in [5.74, 6) is 0.555. The Kier molecular flexibility index (Phi) is 7.56. The number of rotatable bonds is 6. The van der Waals surface area contributed by atoms with Crippen molar-refractivity contribution in [1.29, 1.82) is 0 Å². The van der Waals surface area contributed by atoms with Gasteiger partial charge in [-0.15, -0.1) is 0 Å². The molecule has 2 nitrogen and oxygen atoms in total. The molecule has 260 valence electrons. The highest BCUT2D eigenvalue weighted by Gasteiger charge is 2.36. The fraction of sp³-hybridized carbons (Fsp3) is 0.115. The third kappa shape index (κ3) is 5.16. The maximum atomic E-state index is 2.46. The summed E-state index contributed by atoms with van der Waals surface area (Å²) < 4.78 is 2.41. The number of hydrogen-bond acceptors (Lipinski definition) is 1. The SMILES string of the molecule is CC1C=C(N(c2ccccc2)c2ccc3c(c2)C(C)(C)c2ccccc2-3)C=CC1c1ccc2c(c1)c1ccccc1n2-c1ccc(-c2ccccc2)cc1. The minimum atomic E-state index is -0.0627. The second kappa shape index (κ2) is 12.6. The van der Waals surface area contributed by atoms with Gasteiger partial charge in [-0.25, -0.2) is 0 Å². The van der Waals surface area contributed by atoms with Crippen LogP contribution in [0.3, 0.4) is 0 Å². The Hall–Kier alpha value is -6.38. The average molecular weight is 695 g/mol. The van der Waals surface area contributed by atoms with E-state index < -0.39 is 0 Å². The van der Waals surface area contributed by atoms with Gasteiger partial charge in [0.15, 0.2) is 0 Å². The van der Waals surface area contributed by atoms with Crippen molar-refractivity contribution in [3.05, 3.63) is 210 Å². The Labute approximate surface area is 318 Å². The Bertz CT molecular complexity index is 2750. The molecular formula is C52H42N2. The molecule has 2 heteroatoms. The third-order valence-corrected chi connectivity index (χ3v) is 11.9.